The molecule has 0 heterocycles. The normalized spacial score (nSPS) is 12.1. The van der Waals surface area contributed by atoms with Crippen molar-refractivity contribution in [2.24, 2.45) is 0 Å². The fraction of sp³-hybridized carbons (Fsp3) is 0.929. The van der Waals surface area contributed by atoms with Gasteiger partial charge in [0, 0.05) is 12.8 Å². The quantitative estimate of drug-likeness (QED) is 0.289. The van der Waals surface area contributed by atoms with Crippen LogP contribution >= 0.6 is 0 Å². The van der Waals surface area contributed by atoms with E-state index in [1.165, 1.54) is 64.3 Å². The van der Waals surface area contributed by atoms with Crippen LogP contribution in [0.5, 0.6) is 0 Å². The van der Waals surface area contributed by atoms with Crippen molar-refractivity contribution in [3.05, 3.63) is 0 Å². The molecule has 0 aromatic heterocycles. The second kappa shape index (κ2) is 11.7. The number of hydrogen-bond donors (Lipinski definition) is 0. The lowest BCUT2D eigenvalue weighted by atomic mass is 10.1. The largest absolute Gasteiger partial charge is 0.242 e. The van der Waals surface area contributed by atoms with E-state index in [1.807, 2.05) is 0 Å². The van der Waals surface area contributed by atoms with Gasteiger partial charge in [-0.3, -0.25) is 0 Å². The van der Waals surface area contributed by atoms with Gasteiger partial charge >= 0.3 is 0 Å². The van der Waals surface area contributed by atoms with Crippen molar-refractivity contribution >= 4 is 6.21 Å². The van der Waals surface area contributed by atoms with Gasteiger partial charge in [-0.15, -0.1) is 0 Å². The van der Waals surface area contributed by atoms with Crippen molar-refractivity contribution in [3.63, 3.8) is 0 Å². The highest BCUT2D eigenvalue weighted by Gasteiger charge is 1.96. The van der Waals surface area contributed by atoms with Crippen molar-refractivity contribution in [2.75, 3.05) is 13.6 Å². The summed E-state index contributed by atoms with van der Waals surface area (Å²) in [6, 6.07) is 0. The molecule has 0 saturated heterocycles. The summed E-state index contributed by atoms with van der Waals surface area (Å²) in [5.41, 5.74) is 0. The standard InChI is InChI=1S/C14H30N/c1-4-6-8-9-10-12-14-15(3)13-11-7-5-2/h13H,4-12,14H2,1-3H3/q+1. The van der Waals surface area contributed by atoms with Crippen molar-refractivity contribution < 1.29 is 4.58 Å². The van der Waals surface area contributed by atoms with Crippen LogP contribution in [0.1, 0.15) is 71.6 Å². The summed E-state index contributed by atoms with van der Waals surface area (Å²) in [6.45, 7) is 5.77. The van der Waals surface area contributed by atoms with E-state index in [4.69, 9.17) is 0 Å². The third kappa shape index (κ3) is 11.6. The maximum absolute atomic E-state index is 2.37. The van der Waals surface area contributed by atoms with Crippen LogP contribution < -0.4 is 0 Å². The minimum atomic E-state index is 1.25. The first kappa shape index (κ1) is 14.7. The second-order valence-electron chi connectivity index (χ2n) is 4.57. The molecule has 0 rings (SSSR count). The molecule has 0 aliphatic carbocycles. The Labute approximate surface area is 96.6 Å². The van der Waals surface area contributed by atoms with Crippen LogP contribution in [0.25, 0.3) is 0 Å². The van der Waals surface area contributed by atoms with Crippen LogP contribution in [0.2, 0.25) is 0 Å². The van der Waals surface area contributed by atoms with E-state index < -0.39 is 0 Å². The van der Waals surface area contributed by atoms with Crippen LogP contribution in [0.3, 0.4) is 0 Å². The zero-order valence-electron chi connectivity index (χ0n) is 11.1. The Morgan fingerprint density at radius 3 is 2.07 bits per heavy atom. The summed E-state index contributed by atoms with van der Waals surface area (Å²) < 4.78 is 2.37. The molecule has 0 fully saturated rings. The van der Waals surface area contributed by atoms with Crippen LogP contribution in [0.15, 0.2) is 0 Å². The lowest BCUT2D eigenvalue weighted by molar-refractivity contribution is -0.494. The molecule has 0 aromatic carbocycles. The van der Waals surface area contributed by atoms with E-state index >= 15 is 0 Å². The number of rotatable bonds is 10. The maximum atomic E-state index is 2.37. The molecule has 0 atom stereocenters. The molecule has 0 amide bonds. The highest BCUT2D eigenvalue weighted by atomic mass is 14.9. The molecule has 15 heavy (non-hydrogen) atoms. The fourth-order valence-electron chi connectivity index (χ4n) is 1.75. The number of nitrogens with zero attached hydrogens (tertiary/aromatic N) is 1. The molecule has 0 unspecified atom stereocenters. The summed E-state index contributed by atoms with van der Waals surface area (Å²) in [6.07, 6.45) is 14.6. The van der Waals surface area contributed by atoms with E-state index in [-0.39, 0.29) is 0 Å². The van der Waals surface area contributed by atoms with Gasteiger partial charge in [0.1, 0.15) is 19.8 Å². The van der Waals surface area contributed by atoms with Gasteiger partial charge in [0.05, 0.1) is 0 Å². The smallest absolute Gasteiger partial charge is 0.142 e. The Bertz CT molecular complexity index is 149. The molecule has 0 radical (unpaired) electrons. The molecule has 1 nitrogen and oxygen atoms in total. The van der Waals surface area contributed by atoms with Crippen molar-refractivity contribution in [1.29, 1.82) is 0 Å². The van der Waals surface area contributed by atoms with Gasteiger partial charge in [0.2, 0.25) is 0 Å². The molecule has 0 aliphatic heterocycles. The van der Waals surface area contributed by atoms with E-state index in [0.29, 0.717) is 0 Å². The van der Waals surface area contributed by atoms with Gasteiger partial charge < -0.3 is 0 Å². The third-order valence-corrected chi connectivity index (χ3v) is 2.86. The van der Waals surface area contributed by atoms with Gasteiger partial charge in [-0.05, 0) is 12.8 Å². The van der Waals surface area contributed by atoms with Crippen molar-refractivity contribution in [2.45, 2.75) is 71.6 Å². The van der Waals surface area contributed by atoms with Gasteiger partial charge in [-0.1, -0.05) is 46.0 Å². The Morgan fingerprint density at radius 1 is 0.800 bits per heavy atom. The molecule has 90 valence electrons. The van der Waals surface area contributed by atoms with Crippen LogP contribution in [0.4, 0.5) is 0 Å². The molecule has 0 bridgehead atoms. The Morgan fingerprint density at radius 2 is 1.40 bits per heavy atom. The molecule has 0 aliphatic rings. The average molecular weight is 212 g/mol. The van der Waals surface area contributed by atoms with Gasteiger partial charge in [0.15, 0.2) is 0 Å². The highest BCUT2D eigenvalue weighted by molar-refractivity contribution is 5.50. The van der Waals surface area contributed by atoms with Crippen LogP contribution in [-0.2, 0) is 0 Å². The molecular weight excluding hydrogens is 182 g/mol. The second-order valence-corrected chi connectivity index (χ2v) is 4.57. The summed E-state index contributed by atoms with van der Waals surface area (Å²) in [7, 11) is 2.21. The number of hydrogen-bond acceptors (Lipinski definition) is 0. The SMILES string of the molecule is CCCCC=[N+](C)CCCCCCCC. The minimum Gasteiger partial charge on any atom is -0.242 e. The zero-order valence-corrected chi connectivity index (χ0v) is 11.1. The Kier molecular flexibility index (Phi) is 11.5. The molecule has 0 spiro atoms. The highest BCUT2D eigenvalue weighted by Crippen LogP contribution is 2.04. The first-order chi connectivity index (χ1) is 7.31. The lowest BCUT2D eigenvalue weighted by Crippen LogP contribution is -2.08. The van der Waals surface area contributed by atoms with E-state index in [9.17, 15) is 0 Å². The first-order valence-corrected chi connectivity index (χ1v) is 6.84. The maximum Gasteiger partial charge on any atom is 0.142 e. The fourth-order valence-corrected chi connectivity index (χ4v) is 1.75. The molecule has 1 heteroatoms. The number of unbranched alkanes of at least 4 members (excludes halogenated alkanes) is 7. The van der Waals surface area contributed by atoms with Crippen molar-refractivity contribution in [3.8, 4) is 0 Å². The Hall–Kier alpha value is -0.330. The summed E-state index contributed by atoms with van der Waals surface area (Å²) >= 11 is 0. The predicted octanol–water partition coefficient (Wildman–Crippen LogP) is 4.25. The van der Waals surface area contributed by atoms with E-state index in [2.05, 4.69) is 31.7 Å². The van der Waals surface area contributed by atoms with Gasteiger partial charge in [-0.25, -0.2) is 4.58 Å². The molecule has 0 aromatic rings. The summed E-state index contributed by atoms with van der Waals surface area (Å²) in [5, 5.41) is 0. The third-order valence-electron chi connectivity index (χ3n) is 2.86. The monoisotopic (exact) mass is 212 g/mol. The molecular formula is C14H30N+. The Balaban J connectivity index is 3.22. The minimum absolute atomic E-state index is 1.25. The first-order valence-electron chi connectivity index (χ1n) is 6.84. The summed E-state index contributed by atoms with van der Waals surface area (Å²) in [4.78, 5) is 0. The average Bonchev–Trinajstić information content (AvgIpc) is 2.23. The predicted molar refractivity (Wildman–Crippen MR) is 70.0 cm³/mol. The van der Waals surface area contributed by atoms with Gasteiger partial charge in [0.25, 0.3) is 0 Å². The topological polar surface area (TPSA) is 3.01 Å². The van der Waals surface area contributed by atoms with E-state index in [0.717, 1.165) is 0 Å². The molecule has 0 saturated carbocycles. The zero-order chi connectivity index (χ0) is 11.4. The van der Waals surface area contributed by atoms with Crippen molar-refractivity contribution in [1.82, 2.24) is 0 Å². The lowest BCUT2D eigenvalue weighted by Gasteiger charge is -1.99. The van der Waals surface area contributed by atoms with E-state index in [1.54, 1.807) is 0 Å². The molecule has 0 N–H and O–H groups in total. The van der Waals surface area contributed by atoms with Crippen LogP contribution in [-0.4, -0.2) is 24.4 Å². The van der Waals surface area contributed by atoms with Gasteiger partial charge in [-0.2, -0.15) is 0 Å². The summed E-state index contributed by atoms with van der Waals surface area (Å²) in [5.74, 6) is 0. The van der Waals surface area contributed by atoms with Crippen LogP contribution in [0, 0.1) is 0 Å².